The Morgan fingerprint density at radius 2 is 2.06 bits per heavy atom. The number of hydrogen-bond donors (Lipinski definition) is 0. The van der Waals surface area contributed by atoms with Crippen LogP contribution in [-0.4, -0.2) is 44.4 Å². The number of rotatable bonds is 4. The standard InChI is InChI=1S/C26H24N4O4S2/c1-16-5-4-9-28(13-16)23-18(24(31)29-10-3-2-6-22(29)27-23)12-21-25(32)30(26(35)36-21)14-17-7-8-19-20(11-17)34-15-33-19/h2-3,6-8,10-12,16H,4-5,9,13-15H2,1H3/b21-12+. The highest BCUT2D eigenvalue weighted by molar-refractivity contribution is 8.26. The van der Waals surface area contributed by atoms with Gasteiger partial charge >= 0.3 is 0 Å². The van der Waals surface area contributed by atoms with Crippen LogP contribution < -0.4 is 19.9 Å². The molecule has 2 fully saturated rings. The number of amides is 1. The fourth-order valence-corrected chi connectivity index (χ4v) is 6.07. The van der Waals surface area contributed by atoms with Gasteiger partial charge < -0.3 is 14.4 Å². The summed E-state index contributed by atoms with van der Waals surface area (Å²) in [6, 6.07) is 11.1. The number of hydrogen-bond acceptors (Lipinski definition) is 8. The van der Waals surface area contributed by atoms with E-state index < -0.39 is 0 Å². The molecule has 3 aliphatic rings. The van der Waals surface area contributed by atoms with Crippen molar-refractivity contribution < 1.29 is 14.3 Å². The number of carbonyl (C=O) groups is 1. The van der Waals surface area contributed by atoms with Gasteiger partial charge in [-0.2, -0.15) is 0 Å². The largest absolute Gasteiger partial charge is 0.454 e. The molecule has 1 aromatic carbocycles. The molecule has 1 unspecified atom stereocenters. The molecule has 1 amide bonds. The Hall–Kier alpha value is -3.37. The molecule has 0 saturated carbocycles. The van der Waals surface area contributed by atoms with Crippen LogP contribution in [-0.2, 0) is 11.3 Å². The number of ether oxygens (including phenoxy) is 2. The van der Waals surface area contributed by atoms with E-state index in [2.05, 4.69) is 11.8 Å². The Morgan fingerprint density at radius 1 is 1.19 bits per heavy atom. The number of thioether (sulfide) groups is 1. The van der Waals surface area contributed by atoms with E-state index in [1.807, 2.05) is 30.3 Å². The van der Waals surface area contributed by atoms with Crippen molar-refractivity contribution >= 4 is 51.7 Å². The summed E-state index contributed by atoms with van der Waals surface area (Å²) in [5, 5.41) is 0. The Labute approximate surface area is 217 Å². The average molecular weight is 521 g/mol. The SMILES string of the molecule is CC1CCCN(c2nc3ccccn3c(=O)c2/C=C2/SC(=S)N(Cc3ccc4c(c3)OCO4)C2=O)C1. The molecule has 8 nitrogen and oxygen atoms in total. The van der Waals surface area contributed by atoms with Crippen LogP contribution in [0.4, 0.5) is 5.82 Å². The smallest absolute Gasteiger partial charge is 0.267 e. The van der Waals surface area contributed by atoms with Crippen LogP contribution in [0.15, 0.2) is 52.3 Å². The quantitative estimate of drug-likeness (QED) is 0.377. The molecule has 3 aromatic rings. The molecule has 5 heterocycles. The van der Waals surface area contributed by atoms with E-state index in [9.17, 15) is 9.59 Å². The zero-order valence-corrected chi connectivity index (χ0v) is 21.3. The lowest BCUT2D eigenvalue weighted by Crippen LogP contribution is -2.37. The molecule has 2 saturated heterocycles. The highest BCUT2D eigenvalue weighted by Crippen LogP contribution is 2.37. The summed E-state index contributed by atoms with van der Waals surface area (Å²) in [5.41, 5.74) is 1.68. The van der Waals surface area contributed by atoms with Gasteiger partial charge in [-0.05, 0) is 54.7 Å². The summed E-state index contributed by atoms with van der Waals surface area (Å²) in [6.45, 7) is 4.36. The van der Waals surface area contributed by atoms with Gasteiger partial charge in [0.25, 0.3) is 11.5 Å². The summed E-state index contributed by atoms with van der Waals surface area (Å²) < 4.78 is 12.8. The highest BCUT2D eigenvalue weighted by atomic mass is 32.2. The fraction of sp³-hybridized carbons (Fsp3) is 0.308. The first-order chi connectivity index (χ1) is 17.5. The number of thiocarbonyl (C=S) groups is 1. The van der Waals surface area contributed by atoms with Gasteiger partial charge in [-0.3, -0.25) is 18.9 Å². The number of nitrogens with zero attached hydrogens (tertiary/aromatic N) is 4. The maximum absolute atomic E-state index is 13.6. The van der Waals surface area contributed by atoms with Crippen molar-refractivity contribution in [3.63, 3.8) is 0 Å². The molecule has 6 rings (SSSR count). The number of carbonyl (C=O) groups excluding carboxylic acids is 1. The van der Waals surface area contributed by atoms with Crippen LogP contribution in [0.2, 0.25) is 0 Å². The van der Waals surface area contributed by atoms with Crippen molar-refractivity contribution in [3.05, 3.63) is 69.0 Å². The first-order valence-corrected chi connectivity index (χ1v) is 13.1. The van der Waals surface area contributed by atoms with Gasteiger partial charge in [0.05, 0.1) is 17.0 Å². The third kappa shape index (κ3) is 4.14. The molecule has 0 aliphatic carbocycles. The van der Waals surface area contributed by atoms with Crippen LogP contribution in [0.5, 0.6) is 11.5 Å². The summed E-state index contributed by atoms with van der Waals surface area (Å²) in [5.74, 6) is 2.25. The number of anilines is 1. The molecular weight excluding hydrogens is 496 g/mol. The van der Waals surface area contributed by atoms with Crippen LogP contribution in [0.25, 0.3) is 11.7 Å². The van der Waals surface area contributed by atoms with Crippen LogP contribution >= 0.6 is 24.0 Å². The van der Waals surface area contributed by atoms with Gasteiger partial charge in [0.1, 0.15) is 15.8 Å². The molecule has 184 valence electrons. The zero-order chi connectivity index (χ0) is 24.8. The van der Waals surface area contributed by atoms with Gasteiger partial charge in [0, 0.05) is 19.3 Å². The lowest BCUT2D eigenvalue weighted by atomic mass is 10.00. The van der Waals surface area contributed by atoms with Crippen LogP contribution in [0.1, 0.15) is 30.9 Å². The van der Waals surface area contributed by atoms with E-state index in [0.29, 0.717) is 50.2 Å². The predicted molar refractivity (Wildman–Crippen MR) is 143 cm³/mol. The second-order valence-corrected chi connectivity index (χ2v) is 10.9. The summed E-state index contributed by atoms with van der Waals surface area (Å²) in [4.78, 5) is 36.0. The normalized spacial score (nSPS) is 20.7. The molecular formula is C26H24N4O4S2. The average Bonchev–Trinajstić information content (AvgIpc) is 3.45. The molecule has 36 heavy (non-hydrogen) atoms. The number of aromatic nitrogens is 2. The van der Waals surface area contributed by atoms with Crippen molar-refractivity contribution in [2.75, 3.05) is 24.8 Å². The van der Waals surface area contributed by atoms with Crippen molar-refractivity contribution in [1.29, 1.82) is 0 Å². The number of fused-ring (bicyclic) bond motifs is 2. The lowest BCUT2D eigenvalue weighted by molar-refractivity contribution is -0.122. The topological polar surface area (TPSA) is 76.4 Å². The van der Waals surface area contributed by atoms with E-state index in [4.69, 9.17) is 26.7 Å². The van der Waals surface area contributed by atoms with Crippen molar-refractivity contribution in [2.24, 2.45) is 5.92 Å². The third-order valence-corrected chi connectivity index (χ3v) is 8.01. The number of benzene rings is 1. The summed E-state index contributed by atoms with van der Waals surface area (Å²) in [7, 11) is 0. The van der Waals surface area contributed by atoms with E-state index in [-0.39, 0.29) is 18.3 Å². The molecule has 0 N–H and O–H groups in total. The zero-order valence-electron chi connectivity index (χ0n) is 19.7. The molecule has 0 radical (unpaired) electrons. The van der Waals surface area contributed by atoms with Gasteiger partial charge in [-0.25, -0.2) is 4.98 Å². The third-order valence-electron chi connectivity index (χ3n) is 6.63. The maximum atomic E-state index is 13.6. The minimum absolute atomic E-state index is 0.191. The molecule has 3 aliphatic heterocycles. The molecule has 0 bridgehead atoms. The fourth-order valence-electron chi connectivity index (χ4n) is 4.83. The summed E-state index contributed by atoms with van der Waals surface area (Å²) in [6.07, 6.45) is 5.56. The molecule has 1 atom stereocenters. The van der Waals surface area contributed by atoms with Crippen molar-refractivity contribution in [3.8, 4) is 11.5 Å². The molecule has 0 spiro atoms. The Bertz CT molecular complexity index is 1480. The second-order valence-electron chi connectivity index (χ2n) is 9.23. The monoisotopic (exact) mass is 520 g/mol. The summed E-state index contributed by atoms with van der Waals surface area (Å²) >= 11 is 6.76. The van der Waals surface area contributed by atoms with Gasteiger partial charge in [0.15, 0.2) is 11.5 Å². The van der Waals surface area contributed by atoms with Gasteiger partial charge in [-0.15, -0.1) is 0 Å². The minimum atomic E-state index is -0.224. The Morgan fingerprint density at radius 3 is 2.92 bits per heavy atom. The molecule has 10 heteroatoms. The van der Waals surface area contributed by atoms with E-state index in [1.54, 1.807) is 23.2 Å². The Kier molecular flexibility index (Phi) is 5.93. The van der Waals surface area contributed by atoms with E-state index >= 15 is 0 Å². The minimum Gasteiger partial charge on any atom is -0.454 e. The highest BCUT2D eigenvalue weighted by Gasteiger charge is 2.33. The predicted octanol–water partition coefficient (Wildman–Crippen LogP) is 4.06. The number of piperidine rings is 1. The maximum Gasteiger partial charge on any atom is 0.267 e. The molecule has 2 aromatic heterocycles. The first-order valence-electron chi connectivity index (χ1n) is 11.9. The van der Waals surface area contributed by atoms with Crippen molar-refractivity contribution in [1.82, 2.24) is 14.3 Å². The van der Waals surface area contributed by atoms with Crippen LogP contribution in [0, 0.1) is 5.92 Å². The number of pyridine rings is 1. The van der Waals surface area contributed by atoms with E-state index in [1.165, 1.54) is 16.2 Å². The Balaban J connectivity index is 1.37. The van der Waals surface area contributed by atoms with Crippen molar-refractivity contribution in [2.45, 2.75) is 26.3 Å². The second kappa shape index (κ2) is 9.25. The first kappa shape index (κ1) is 23.1. The van der Waals surface area contributed by atoms with Gasteiger partial charge in [-0.1, -0.05) is 43.0 Å². The lowest BCUT2D eigenvalue weighted by Gasteiger charge is -2.32. The van der Waals surface area contributed by atoms with Crippen LogP contribution in [0.3, 0.4) is 0 Å². The van der Waals surface area contributed by atoms with Gasteiger partial charge in [0.2, 0.25) is 6.79 Å². The van der Waals surface area contributed by atoms with E-state index in [0.717, 1.165) is 31.5 Å².